The van der Waals surface area contributed by atoms with Crippen molar-refractivity contribution in [1.82, 2.24) is 4.98 Å². The Labute approximate surface area is 105 Å². The van der Waals surface area contributed by atoms with Gasteiger partial charge in [-0.25, -0.2) is 0 Å². The van der Waals surface area contributed by atoms with Gasteiger partial charge in [0.1, 0.15) is 18.7 Å². The summed E-state index contributed by atoms with van der Waals surface area (Å²) in [5.74, 6) is 0. The molecule has 0 saturated carbocycles. The lowest BCUT2D eigenvalue weighted by Gasteiger charge is -1.98. The number of rotatable bonds is 1. The van der Waals surface area contributed by atoms with Crippen molar-refractivity contribution in [1.29, 1.82) is 5.26 Å². The van der Waals surface area contributed by atoms with Crippen molar-refractivity contribution in [3.63, 3.8) is 0 Å². The minimum Gasteiger partial charge on any atom is -0.360 e. The molecule has 0 saturated heterocycles. The monoisotopic (exact) mass is 234 g/mol. The van der Waals surface area contributed by atoms with Crippen molar-refractivity contribution in [2.24, 2.45) is 7.05 Å². The maximum atomic E-state index is 8.89. The van der Waals surface area contributed by atoms with Crippen LogP contribution in [0, 0.1) is 11.3 Å². The molecule has 0 radical (unpaired) electrons. The van der Waals surface area contributed by atoms with E-state index < -0.39 is 0 Å². The number of fused-ring (bicyclic) bond motifs is 1. The van der Waals surface area contributed by atoms with E-state index in [0.717, 1.165) is 16.8 Å². The molecule has 0 aliphatic carbocycles. The first kappa shape index (κ1) is 10.5. The summed E-state index contributed by atoms with van der Waals surface area (Å²) in [7, 11) is 1.96. The lowest BCUT2D eigenvalue weighted by Crippen LogP contribution is -2.30. The number of nitrogens with zero attached hydrogens (tertiary/aromatic N) is 2. The number of aryl methyl sites for hydroxylation is 1. The van der Waals surface area contributed by atoms with E-state index in [2.05, 4.69) is 23.2 Å². The Morgan fingerprint density at radius 2 is 2.00 bits per heavy atom. The van der Waals surface area contributed by atoms with Crippen LogP contribution in [0.15, 0.2) is 48.8 Å². The molecule has 0 unspecified atom stereocenters. The van der Waals surface area contributed by atoms with Crippen LogP contribution in [0.1, 0.15) is 5.56 Å². The van der Waals surface area contributed by atoms with E-state index >= 15 is 0 Å². The molecule has 0 fully saturated rings. The molecule has 0 aliphatic heterocycles. The largest absolute Gasteiger partial charge is 0.360 e. The topological polar surface area (TPSA) is 43.5 Å². The molecule has 18 heavy (non-hydrogen) atoms. The van der Waals surface area contributed by atoms with Gasteiger partial charge in [-0.1, -0.05) is 18.2 Å². The van der Waals surface area contributed by atoms with Gasteiger partial charge in [0.05, 0.1) is 5.56 Å². The van der Waals surface area contributed by atoms with Crippen molar-refractivity contribution in [2.75, 3.05) is 0 Å². The molecule has 3 rings (SSSR count). The first-order chi connectivity index (χ1) is 8.79. The second-order valence-corrected chi connectivity index (χ2v) is 4.27. The van der Waals surface area contributed by atoms with Crippen LogP contribution in [0.3, 0.4) is 0 Å². The summed E-state index contributed by atoms with van der Waals surface area (Å²) >= 11 is 0. The zero-order valence-corrected chi connectivity index (χ0v) is 10.0. The molecular weight excluding hydrogens is 222 g/mol. The molecule has 2 heterocycles. The summed E-state index contributed by atoms with van der Waals surface area (Å²) in [4.78, 5) is 3.26. The summed E-state index contributed by atoms with van der Waals surface area (Å²) in [6.45, 7) is 0. The van der Waals surface area contributed by atoms with Crippen LogP contribution in [0.4, 0.5) is 0 Å². The molecular formula is C15H12N3+. The van der Waals surface area contributed by atoms with Gasteiger partial charge >= 0.3 is 0 Å². The molecule has 3 heteroatoms. The minimum atomic E-state index is 0.668. The Bertz CT molecular complexity index is 763. The third kappa shape index (κ3) is 1.56. The second-order valence-electron chi connectivity index (χ2n) is 4.27. The first-order valence-corrected chi connectivity index (χ1v) is 5.76. The number of hydrogen-bond acceptors (Lipinski definition) is 1. The van der Waals surface area contributed by atoms with Crippen molar-refractivity contribution >= 4 is 10.9 Å². The molecule has 3 aromatic rings. The van der Waals surface area contributed by atoms with Crippen LogP contribution in [0.5, 0.6) is 0 Å². The molecule has 0 bridgehead atoms. The Kier molecular flexibility index (Phi) is 2.35. The van der Waals surface area contributed by atoms with Crippen LogP contribution in [-0.4, -0.2) is 4.98 Å². The van der Waals surface area contributed by atoms with E-state index in [1.54, 1.807) is 0 Å². The van der Waals surface area contributed by atoms with Gasteiger partial charge in [0.25, 0.3) is 0 Å². The number of para-hydroxylation sites is 1. The number of H-pyrrole nitrogens is 1. The van der Waals surface area contributed by atoms with Crippen LogP contribution in [0.2, 0.25) is 0 Å². The number of aromatic amines is 1. The lowest BCUT2D eigenvalue weighted by atomic mass is 10.1. The van der Waals surface area contributed by atoms with E-state index in [1.807, 2.05) is 48.3 Å². The fourth-order valence-electron chi connectivity index (χ4n) is 2.24. The third-order valence-corrected chi connectivity index (χ3v) is 3.13. The predicted octanol–water partition coefficient (Wildman–Crippen LogP) is 2.53. The van der Waals surface area contributed by atoms with E-state index in [1.165, 1.54) is 5.39 Å². The van der Waals surface area contributed by atoms with E-state index in [9.17, 15) is 0 Å². The summed E-state index contributed by atoms with van der Waals surface area (Å²) < 4.78 is 1.98. The van der Waals surface area contributed by atoms with Crippen molar-refractivity contribution in [2.45, 2.75) is 0 Å². The number of hydrogen-bond donors (Lipinski definition) is 1. The summed E-state index contributed by atoms with van der Waals surface area (Å²) in [5.41, 5.74) is 4.03. The van der Waals surface area contributed by atoms with E-state index in [-0.39, 0.29) is 0 Å². The zero-order chi connectivity index (χ0) is 12.5. The second kappa shape index (κ2) is 4.01. The smallest absolute Gasteiger partial charge is 0.214 e. The number of nitrogens with one attached hydrogen (secondary N) is 1. The first-order valence-electron chi connectivity index (χ1n) is 5.76. The van der Waals surface area contributed by atoms with Gasteiger partial charge in [-0.2, -0.15) is 9.83 Å². The van der Waals surface area contributed by atoms with Gasteiger partial charge in [0, 0.05) is 23.2 Å². The highest BCUT2D eigenvalue weighted by Crippen LogP contribution is 2.25. The standard InChI is InChI=1S/C15H11N3/c1-18-10-11(8-16)6-7-15(18)13-9-17-14-5-3-2-4-12(13)14/h2-7,9-10H,1H3/p+1. The summed E-state index contributed by atoms with van der Waals surface area (Å²) in [6.07, 6.45) is 3.85. The molecule has 1 aromatic carbocycles. The maximum Gasteiger partial charge on any atom is 0.214 e. The van der Waals surface area contributed by atoms with Crippen LogP contribution >= 0.6 is 0 Å². The van der Waals surface area contributed by atoms with Crippen LogP contribution < -0.4 is 4.57 Å². The Balaban J connectivity index is 2.24. The Morgan fingerprint density at radius 1 is 1.17 bits per heavy atom. The van der Waals surface area contributed by atoms with Gasteiger partial charge in [0.2, 0.25) is 5.69 Å². The Morgan fingerprint density at radius 3 is 2.78 bits per heavy atom. The maximum absolute atomic E-state index is 8.89. The molecule has 0 amide bonds. The summed E-state index contributed by atoms with van der Waals surface area (Å²) in [6, 6.07) is 14.2. The molecule has 86 valence electrons. The molecule has 2 aromatic heterocycles. The average molecular weight is 234 g/mol. The molecule has 0 spiro atoms. The zero-order valence-electron chi connectivity index (χ0n) is 10.0. The van der Waals surface area contributed by atoms with Gasteiger partial charge in [-0.05, 0) is 12.1 Å². The normalized spacial score (nSPS) is 10.4. The average Bonchev–Trinajstić information content (AvgIpc) is 2.82. The number of benzene rings is 1. The highest BCUT2D eigenvalue weighted by Gasteiger charge is 2.14. The highest BCUT2D eigenvalue weighted by atomic mass is 14.9. The Hall–Kier alpha value is -2.60. The number of aromatic nitrogens is 2. The van der Waals surface area contributed by atoms with Gasteiger partial charge < -0.3 is 4.98 Å². The van der Waals surface area contributed by atoms with Crippen molar-refractivity contribution in [3.8, 4) is 17.3 Å². The van der Waals surface area contributed by atoms with Gasteiger partial charge in [-0.15, -0.1) is 0 Å². The SMILES string of the molecule is C[n+]1cc(C#N)ccc1-c1c[nH]c2ccccc12. The fourth-order valence-corrected chi connectivity index (χ4v) is 2.24. The van der Waals surface area contributed by atoms with Gasteiger partial charge in [0.15, 0.2) is 6.20 Å². The number of pyridine rings is 1. The van der Waals surface area contributed by atoms with Crippen LogP contribution in [0.25, 0.3) is 22.2 Å². The lowest BCUT2D eigenvalue weighted by molar-refractivity contribution is -0.660. The molecule has 0 aliphatic rings. The van der Waals surface area contributed by atoms with Crippen molar-refractivity contribution in [3.05, 3.63) is 54.4 Å². The van der Waals surface area contributed by atoms with Crippen molar-refractivity contribution < 1.29 is 4.57 Å². The summed E-state index contributed by atoms with van der Waals surface area (Å²) in [5, 5.41) is 10.1. The van der Waals surface area contributed by atoms with E-state index in [0.29, 0.717) is 5.56 Å². The quantitative estimate of drug-likeness (QED) is 0.646. The molecule has 3 nitrogen and oxygen atoms in total. The third-order valence-electron chi connectivity index (χ3n) is 3.13. The minimum absolute atomic E-state index is 0.668. The van der Waals surface area contributed by atoms with Gasteiger partial charge in [-0.3, -0.25) is 0 Å². The predicted molar refractivity (Wildman–Crippen MR) is 69.6 cm³/mol. The van der Waals surface area contributed by atoms with E-state index in [4.69, 9.17) is 5.26 Å². The van der Waals surface area contributed by atoms with Crippen LogP contribution in [-0.2, 0) is 7.05 Å². The molecule has 0 atom stereocenters. The molecule has 1 N–H and O–H groups in total. The number of nitriles is 1. The highest BCUT2D eigenvalue weighted by molar-refractivity contribution is 5.93. The fraction of sp³-hybridized carbons (Fsp3) is 0.0667.